The molecule has 1 aliphatic carbocycles. The Kier molecular flexibility index (Phi) is 3.99. The zero-order valence-corrected chi connectivity index (χ0v) is 15.0. The molecule has 3 N–H and O–H groups in total. The van der Waals surface area contributed by atoms with Crippen LogP contribution in [0.2, 0.25) is 0 Å². The number of hydrogen-bond acceptors (Lipinski definition) is 4. The number of carbonyl (C=O) groups is 1. The topological polar surface area (TPSA) is 88.6 Å². The number of halogens is 2. The van der Waals surface area contributed by atoms with Crippen molar-refractivity contribution in [1.29, 1.82) is 0 Å². The van der Waals surface area contributed by atoms with Gasteiger partial charge in [0.2, 0.25) is 5.43 Å². The van der Waals surface area contributed by atoms with Gasteiger partial charge in [-0.15, -0.1) is 0 Å². The van der Waals surface area contributed by atoms with Gasteiger partial charge in [-0.2, -0.15) is 0 Å². The van der Waals surface area contributed by atoms with Gasteiger partial charge in [0.15, 0.2) is 5.82 Å². The minimum Gasteiger partial charge on any atom is -0.477 e. The molecule has 1 saturated carbocycles. The highest BCUT2D eigenvalue weighted by atomic mass is 19.1. The molecule has 1 saturated heterocycles. The van der Waals surface area contributed by atoms with Crippen LogP contribution in [0.4, 0.5) is 14.5 Å². The van der Waals surface area contributed by atoms with Gasteiger partial charge in [0.05, 0.1) is 10.9 Å². The Morgan fingerprint density at radius 1 is 1.41 bits per heavy atom. The van der Waals surface area contributed by atoms with E-state index in [2.05, 4.69) is 0 Å². The summed E-state index contributed by atoms with van der Waals surface area (Å²) in [6.45, 7) is 2.77. The summed E-state index contributed by atoms with van der Waals surface area (Å²) in [5.41, 5.74) is 4.49. The Hall–Kier alpha value is -2.48. The van der Waals surface area contributed by atoms with Crippen LogP contribution in [0.15, 0.2) is 17.1 Å². The number of fused-ring (bicyclic) bond motifs is 1. The number of pyridine rings is 1. The smallest absolute Gasteiger partial charge is 0.341 e. The maximum absolute atomic E-state index is 15.4. The molecule has 1 aliphatic heterocycles. The van der Waals surface area contributed by atoms with Crippen LogP contribution in [0, 0.1) is 17.0 Å². The van der Waals surface area contributed by atoms with Crippen molar-refractivity contribution in [1.82, 2.24) is 4.57 Å². The molecule has 4 rings (SSSR count). The number of rotatable bonds is 3. The fourth-order valence-electron chi connectivity index (χ4n) is 4.49. The van der Waals surface area contributed by atoms with Crippen molar-refractivity contribution in [2.24, 2.45) is 11.1 Å². The monoisotopic (exact) mass is 377 g/mol. The summed E-state index contributed by atoms with van der Waals surface area (Å²) in [6, 6.07) is 0.801. The molecule has 144 valence electrons. The molecule has 2 heterocycles. The van der Waals surface area contributed by atoms with Gasteiger partial charge in [0.25, 0.3) is 0 Å². The number of anilines is 1. The summed E-state index contributed by atoms with van der Waals surface area (Å²) < 4.78 is 31.6. The fraction of sp³-hybridized carbons (Fsp3) is 0.474. The molecule has 0 bridgehead atoms. The van der Waals surface area contributed by atoms with Crippen LogP contribution >= 0.6 is 0 Å². The predicted octanol–water partition coefficient (Wildman–Crippen LogP) is 2.32. The number of benzene rings is 1. The van der Waals surface area contributed by atoms with Crippen LogP contribution in [0.1, 0.15) is 36.5 Å². The first-order valence-electron chi connectivity index (χ1n) is 9.08. The maximum Gasteiger partial charge on any atom is 0.341 e. The van der Waals surface area contributed by atoms with Crippen LogP contribution in [-0.4, -0.2) is 34.8 Å². The molecule has 1 unspecified atom stereocenters. The van der Waals surface area contributed by atoms with Crippen molar-refractivity contribution in [2.45, 2.75) is 38.8 Å². The summed E-state index contributed by atoms with van der Waals surface area (Å²) in [7, 11) is 0. The van der Waals surface area contributed by atoms with E-state index in [4.69, 9.17) is 5.73 Å². The van der Waals surface area contributed by atoms with Crippen LogP contribution in [-0.2, 0) is 6.54 Å². The summed E-state index contributed by atoms with van der Waals surface area (Å²) in [5.74, 6) is -3.14. The summed E-state index contributed by atoms with van der Waals surface area (Å²) >= 11 is 0. The normalized spacial score (nSPS) is 21.0. The van der Waals surface area contributed by atoms with Gasteiger partial charge >= 0.3 is 5.97 Å². The summed E-state index contributed by atoms with van der Waals surface area (Å²) in [5, 5.41) is 8.94. The molecule has 2 aromatic rings. The second kappa shape index (κ2) is 6.02. The molecule has 1 atom stereocenters. The minimum atomic E-state index is -1.42. The van der Waals surface area contributed by atoms with E-state index < -0.39 is 28.6 Å². The minimum absolute atomic E-state index is 0.0768. The lowest BCUT2D eigenvalue weighted by atomic mass is 9.66. The Labute approximate surface area is 154 Å². The Bertz CT molecular complexity index is 1010. The van der Waals surface area contributed by atoms with E-state index in [0.29, 0.717) is 13.1 Å². The number of carboxylic acids is 1. The first kappa shape index (κ1) is 17.9. The Morgan fingerprint density at radius 2 is 2.11 bits per heavy atom. The largest absolute Gasteiger partial charge is 0.477 e. The third-order valence-corrected chi connectivity index (χ3v) is 6.18. The van der Waals surface area contributed by atoms with Gasteiger partial charge in [-0.1, -0.05) is 6.42 Å². The quantitative estimate of drug-likeness (QED) is 0.857. The number of aromatic nitrogens is 1. The van der Waals surface area contributed by atoms with Crippen LogP contribution < -0.4 is 16.1 Å². The first-order valence-corrected chi connectivity index (χ1v) is 9.08. The number of hydrogen-bond donors (Lipinski definition) is 2. The molecule has 2 fully saturated rings. The van der Waals surface area contributed by atoms with Gasteiger partial charge in [-0.25, -0.2) is 13.6 Å². The zero-order valence-electron chi connectivity index (χ0n) is 15.0. The van der Waals surface area contributed by atoms with Crippen molar-refractivity contribution in [2.75, 3.05) is 18.0 Å². The van der Waals surface area contributed by atoms with E-state index in [0.717, 1.165) is 31.5 Å². The molecule has 27 heavy (non-hydrogen) atoms. The van der Waals surface area contributed by atoms with Crippen molar-refractivity contribution in [3.05, 3.63) is 39.7 Å². The average molecular weight is 377 g/mol. The first-order chi connectivity index (χ1) is 12.8. The van der Waals surface area contributed by atoms with E-state index in [9.17, 15) is 19.1 Å². The van der Waals surface area contributed by atoms with E-state index in [1.165, 1.54) is 4.57 Å². The molecular formula is C19H21F2N3O3. The number of carboxylic acid groups (broad SMARTS) is 1. The lowest BCUT2D eigenvalue weighted by molar-refractivity contribution is 0.0695. The van der Waals surface area contributed by atoms with Crippen molar-refractivity contribution >= 4 is 22.6 Å². The van der Waals surface area contributed by atoms with Gasteiger partial charge in [-0.05, 0) is 25.8 Å². The molecule has 2 aliphatic rings. The lowest BCUT2D eigenvalue weighted by Crippen LogP contribution is -2.45. The molecule has 6 nitrogen and oxygen atoms in total. The molecular weight excluding hydrogens is 356 g/mol. The standard InChI is InChI=1S/C19H21F2N3O3/c1-2-23-7-11(18(26)27)17(25)10-6-12(20)16(14(21)15(10)23)24-8-13(22)19(9-24)4-3-5-19/h6-7,13H,2-5,8-9,22H2,1H3,(H,26,27). The summed E-state index contributed by atoms with van der Waals surface area (Å²) in [6.07, 6.45) is 4.07. The summed E-state index contributed by atoms with van der Waals surface area (Å²) in [4.78, 5) is 25.4. The fourth-order valence-corrected chi connectivity index (χ4v) is 4.49. The van der Waals surface area contributed by atoms with Crippen LogP contribution in [0.5, 0.6) is 0 Å². The third kappa shape index (κ3) is 2.46. The maximum atomic E-state index is 15.4. The van der Waals surface area contributed by atoms with Gasteiger partial charge < -0.3 is 20.3 Å². The van der Waals surface area contributed by atoms with Gasteiger partial charge in [0, 0.05) is 37.3 Å². The molecule has 1 spiro atoms. The Morgan fingerprint density at radius 3 is 2.63 bits per heavy atom. The SMILES string of the molecule is CCn1cc(C(=O)O)c(=O)c2cc(F)c(N3CC(N)C4(CCC4)C3)c(F)c21. The average Bonchev–Trinajstić information content (AvgIpc) is 2.92. The third-order valence-electron chi connectivity index (χ3n) is 6.18. The molecule has 0 radical (unpaired) electrons. The highest BCUT2D eigenvalue weighted by molar-refractivity contribution is 5.93. The molecule has 1 aromatic heterocycles. The van der Waals surface area contributed by atoms with E-state index in [1.807, 2.05) is 0 Å². The van der Waals surface area contributed by atoms with Crippen molar-refractivity contribution in [3.63, 3.8) is 0 Å². The van der Waals surface area contributed by atoms with Crippen molar-refractivity contribution in [3.8, 4) is 0 Å². The molecule has 8 heteroatoms. The number of nitrogens with two attached hydrogens (primary N) is 1. The second-order valence-electron chi connectivity index (χ2n) is 7.58. The van der Waals surface area contributed by atoms with Crippen molar-refractivity contribution < 1.29 is 18.7 Å². The van der Waals surface area contributed by atoms with E-state index >= 15 is 4.39 Å². The van der Waals surface area contributed by atoms with E-state index in [1.54, 1.807) is 11.8 Å². The van der Waals surface area contributed by atoms with Gasteiger partial charge in [0.1, 0.15) is 17.1 Å². The highest BCUT2D eigenvalue weighted by Crippen LogP contribution is 2.49. The lowest BCUT2D eigenvalue weighted by Gasteiger charge is -2.41. The molecule has 1 aromatic carbocycles. The number of aryl methyl sites for hydroxylation is 1. The highest BCUT2D eigenvalue weighted by Gasteiger charge is 2.49. The van der Waals surface area contributed by atoms with Crippen LogP contribution in [0.3, 0.4) is 0 Å². The Balaban J connectivity index is 1.93. The second-order valence-corrected chi connectivity index (χ2v) is 7.58. The number of nitrogens with zero attached hydrogens (tertiary/aromatic N) is 2. The predicted molar refractivity (Wildman–Crippen MR) is 97.2 cm³/mol. The number of aromatic carboxylic acids is 1. The van der Waals surface area contributed by atoms with Crippen LogP contribution in [0.25, 0.3) is 10.9 Å². The van der Waals surface area contributed by atoms with E-state index in [-0.39, 0.29) is 34.6 Å². The molecule has 0 amide bonds. The van der Waals surface area contributed by atoms with Gasteiger partial charge in [-0.3, -0.25) is 4.79 Å². The zero-order chi connectivity index (χ0) is 19.5.